The topological polar surface area (TPSA) is 59.1 Å². The number of nitrogens with two attached hydrogens (primary N) is 1. The van der Waals surface area contributed by atoms with Crippen LogP contribution in [0.3, 0.4) is 0 Å². The molecule has 0 saturated carbocycles. The van der Waals surface area contributed by atoms with Crippen LogP contribution in [0.15, 0.2) is 12.3 Å². The van der Waals surface area contributed by atoms with E-state index in [1.165, 1.54) is 17.7 Å². The van der Waals surface area contributed by atoms with Crippen LogP contribution in [0.4, 0.5) is 0 Å². The van der Waals surface area contributed by atoms with Crippen molar-refractivity contribution in [3.05, 3.63) is 29.1 Å². The van der Waals surface area contributed by atoms with Gasteiger partial charge in [0.15, 0.2) is 0 Å². The van der Waals surface area contributed by atoms with E-state index in [4.69, 9.17) is 10.8 Å². The normalized spacial score (nSPS) is 17.1. The van der Waals surface area contributed by atoms with Gasteiger partial charge in [0.05, 0.1) is 12.6 Å². The molecule has 0 aliphatic heterocycles. The molecule has 3 heteroatoms. The molecule has 0 fully saturated rings. The number of aliphatic hydroxyl groups is 1. The zero-order valence-electron chi connectivity index (χ0n) is 7.53. The molecular formula is C10H14N2O. The van der Waals surface area contributed by atoms with Crippen LogP contribution >= 0.6 is 0 Å². The van der Waals surface area contributed by atoms with Crippen LogP contribution in [-0.4, -0.2) is 16.7 Å². The Morgan fingerprint density at radius 2 is 2.38 bits per heavy atom. The average molecular weight is 178 g/mol. The van der Waals surface area contributed by atoms with E-state index < -0.39 is 0 Å². The Hall–Kier alpha value is -0.930. The Balaban J connectivity index is 2.30. The van der Waals surface area contributed by atoms with Crippen LogP contribution in [0, 0.1) is 0 Å². The summed E-state index contributed by atoms with van der Waals surface area (Å²) >= 11 is 0. The number of rotatable bonds is 2. The smallest absolute Gasteiger partial charge is 0.0624 e. The van der Waals surface area contributed by atoms with Crippen molar-refractivity contribution in [2.24, 2.45) is 5.73 Å². The fourth-order valence-electron chi connectivity index (χ4n) is 1.75. The molecule has 1 aromatic rings. The SMILES string of the molecule is NC(CO)c1cnc2c(c1)CCC2. The summed E-state index contributed by atoms with van der Waals surface area (Å²) in [6.07, 6.45) is 5.17. The second-order valence-electron chi connectivity index (χ2n) is 3.52. The summed E-state index contributed by atoms with van der Waals surface area (Å²) in [5, 5.41) is 8.88. The molecule has 1 atom stereocenters. The molecule has 1 heterocycles. The van der Waals surface area contributed by atoms with Gasteiger partial charge in [-0.25, -0.2) is 0 Å². The van der Waals surface area contributed by atoms with Crippen LogP contribution < -0.4 is 5.73 Å². The van der Waals surface area contributed by atoms with Crippen LogP contribution in [0.5, 0.6) is 0 Å². The number of pyridine rings is 1. The van der Waals surface area contributed by atoms with E-state index >= 15 is 0 Å². The predicted molar refractivity (Wildman–Crippen MR) is 50.3 cm³/mol. The van der Waals surface area contributed by atoms with Gasteiger partial charge in [0.25, 0.3) is 0 Å². The van der Waals surface area contributed by atoms with E-state index in [1.54, 1.807) is 6.20 Å². The molecule has 0 spiro atoms. The maximum absolute atomic E-state index is 8.88. The van der Waals surface area contributed by atoms with Crippen molar-refractivity contribution in [3.63, 3.8) is 0 Å². The lowest BCUT2D eigenvalue weighted by atomic mass is 10.1. The number of aliphatic hydroxyl groups excluding tert-OH is 1. The third-order valence-electron chi connectivity index (χ3n) is 2.57. The number of fused-ring (bicyclic) bond motifs is 1. The van der Waals surface area contributed by atoms with Gasteiger partial charge in [-0.05, 0) is 30.4 Å². The Bertz CT molecular complexity index is 312. The Kier molecular flexibility index (Phi) is 2.29. The number of nitrogens with zero attached hydrogens (tertiary/aromatic N) is 1. The number of aryl methyl sites for hydroxylation is 2. The van der Waals surface area contributed by atoms with Crippen molar-refractivity contribution in [1.82, 2.24) is 4.98 Å². The largest absolute Gasteiger partial charge is 0.394 e. The van der Waals surface area contributed by atoms with E-state index in [0.717, 1.165) is 18.4 Å². The highest BCUT2D eigenvalue weighted by atomic mass is 16.3. The fourth-order valence-corrected chi connectivity index (χ4v) is 1.75. The highest BCUT2D eigenvalue weighted by Crippen LogP contribution is 2.22. The molecule has 3 N–H and O–H groups in total. The van der Waals surface area contributed by atoms with Gasteiger partial charge in [-0.2, -0.15) is 0 Å². The van der Waals surface area contributed by atoms with Crippen molar-refractivity contribution in [1.29, 1.82) is 0 Å². The number of hydrogen-bond acceptors (Lipinski definition) is 3. The molecule has 0 aromatic carbocycles. The first-order valence-corrected chi connectivity index (χ1v) is 4.65. The van der Waals surface area contributed by atoms with Crippen molar-refractivity contribution in [2.75, 3.05) is 6.61 Å². The summed E-state index contributed by atoms with van der Waals surface area (Å²) in [7, 11) is 0. The van der Waals surface area contributed by atoms with Gasteiger partial charge in [0.2, 0.25) is 0 Å². The lowest BCUT2D eigenvalue weighted by molar-refractivity contribution is 0.267. The number of aromatic nitrogens is 1. The molecule has 0 amide bonds. The minimum Gasteiger partial charge on any atom is -0.394 e. The first kappa shape index (κ1) is 8.66. The van der Waals surface area contributed by atoms with E-state index in [-0.39, 0.29) is 12.6 Å². The lowest BCUT2D eigenvalue weighted by Gasteiger charge is -2.09. The minimum absolute atomic E-state index is 0.0134. The summed E-state index contributed by atoms with van der Waals surface area (Å²) in [5.74, 6) is 0. The summed E-state index contributed by atoms with van der Waals surface area (Å²) in [5.41, 5.74) is 9.16. The summed E-state index contributed by atoms with van der Waals surface area (Å²) in [4.78, 5) is 4.34. The van der Waals surface area contributed by atoms with Gasteiger partial charge in [-0.15, -0.1) is 0 Å². The second-order valence-corrected chi connectivity index (χ2v) is 3.52. The predicted octanol–water partition coefficient (Wildman–Crippen LogP) is 0.562. The van der Waals surface area contributed by atoms with Gasteiger partial charge in [-0.3, -0.25) is 4.98 Å². The quantitative estimate of drug-likeness (QED) is 0.695. The average Bonchev–Trinajstić information content (AvgIpc) is 2.63. The molecule has 0 bridgehead atoms. The van der Waals surface area contributed by atoms with Crippen LogP contribution in [0.2, 0.25) is 0 Å². The Labute approximate surface area is 77.6 Å². The molecule has 0 radical (unpaired) electrons. The fraction of sp³-hybridized carbons (Fsp3) is 0.500. The van der Waals surface area contributed by atoms with E-state index in [2.05, 4.69) is 11.1 Å². The van der Waals surface area contributed by atoms with Crippen LogP contribution in [0.25, 0.3) is 0 Å². The highest BCUT2D eigenvalue weighted by Gasteiger charge is 2.14. The number of hydrogen-bond donors (Lipinski definition) is 2. The van der Waals surface area contributed by atoms with Crippen molar-refractivity contribution < 1.29 is 5.11 Å². The summed E-state index contributed by atoms with van der Waals surface area (Å²) in [6, 6.07) is 1.80. The molecule has 1 aliphatic carbocycles. The van der Waals surface area contributed by atoms with Crippen LogP contribution in [0.1, 0.15) is 29.3 Å². The van der Waals surface area contributed by atoms with E-state index in [9.17, 15) is 0 Å². The maximum atomic E-state index is 8.88. The first-order chi connectivity index (χ1) is 6.31. The van der Waals surface area contributed by atoms with Crippen LogP contribution in [-0.2, 0) is 12.8 Å². The van der Waals surface area contributed by atoms with Gasteiger partial charge in [0.1, 0.15) is 0 Å². The summed E-state index contributed by atoms with van der Waals surface area (Å²) < 4.78 is 0. The molecule has 3 nitrogen and oxygen atoms in total. The van der Waals surface area contributed by atoms with Crippen molar-refractivity contribution in [2.45, 2.75) is 25.3 Å². The van der Waals surface area contributed by atoms with Crippen molar-refractivity contribution in [3.8, 4) is 0 Å². The highest BCUT2D eigenvalue weighted by molar-refractivity contribution is 5.30. The molecule has 2 rings (SSSR count). The minimum atomic E-state index is -0.279. The summed E-state index contributed by atoms with van der Waals surface area (Å²) in [6.45, 7) is -0.0134. The third kappa shape index (κ3) is 1.57. The molecular weight excluding hydrogens is 164 g/mol. The molecule has 1 aliphatic rings. The van der Waals surface area contributed by atoms with Gasteiger partial charge < -0.3 is 10.8 Å². The van der Waals surface area contributed by atoms with Gasteiger partial charge in [0, 0.05) is 11.9 Å². The molecule has 1 aromatic heterocycles. The molecule has 13 heavy (non-hydrogen) atoms. The van der Waals surface area contributed by atoms with Crippen molar-refractivity contribution >= 4 is 0 Å². The van der Waals surface area contributed by atoms with E-state index in [0.29, 0.717) is 0 Å². The maximum Gasteiger partial charge on any atom is 0.0624 e. The molecule has 70 valence electrons. The zero-order valence-corrected chi connectivity index (χ0v) is 7.53. The third-order valence-corrected chi connectivity index (χ3v) is 2.57. The Morgan fingerprint density at radius 3 is 3.15 bits per heavy atom. The molecule has 0 saturated heterocycles. The zero-order chi connectivity index (χ0) is 9.26. The van der Waals surface area contributed by atoms with Gasteiger partial charge in [-0.1, -0.05) is 6.07 Å². The standard InChI is InChI=1S/C10H14N2O/c11-9(6-13)8-4-7-2-1-3-10(7)12-5-8/h4-5,9,13H,1-3,6,11H2. The second kappa shape index (κ2) is 3.44. The Morgan fingerprint density at radius 1 is 1.54 bits per heavy atom. The lowest BCUT2D eigenvalue weighted by Crippen LogP contribution is -2.15. The monoisotopic (exact) mass is 178 g/mol. The van der Waals surface area contributed by atoms with E-state index in [1.807, 2.05) is 0 Å². The first-order valence-electron chi connectivity index (χ1n) is 4.65. The molecule has 1 unspecified atom stereocenters. The van der Waals surface area contributed by atoms with Gasteiger partial charge >= 0.3 is 0 Å².